The van der Waals surface area contributed by atoms with Gasteiger partial charge in [0.15, 0.2) is 5.82 Å². The van der Waals surface area contributed by atoms with E-state index in [1.165, 1.54) is 25.7 Å². The van der Waals surface area contributed by atoms with E-state index in [4.69, 9.17) is 10.3 Å². The molecule has 0 amide bonds. The van der Waals surface area contributed by atoms with Crippen LogP contribution < -0.4 is 5.73 Å². The first-order chi connectivity index (χ1) is 9.33. The molecule has 3 nitrogen and oxygen atoms in total. The lowest BCUT2D eigenvalue weighted by Crippen LogP contribution is -2.08. The zero-order valence-electron chi connectivity index (χ0n) is 10.9. The predicted molar refractivity (Wildman–Crippen MR) is 74.5 cm³/mol. The van der Waals surface area contributed by atoms with Gasteiger partial charge in [-0.25, -0.2) is 0 Å². The van der Waals surface area contributed by atoms with E-state index in [0.29, 0.717) is 11.7 Å². The van der Waals surface area contributed by atoms with Crippen molar-refractivity contribution < 1.29 is 4.52 Å². The van der Waals surface area contributed by atoms with Crippen LogP contribution in [-0.2, 0) is 0 Å². The van der Waals surface area contributed by atoms with Gasteiger partial charge >= 0.3 is 0 Å². The molecule has 3 atom stereocenters. The Labute approximate surface area is 112 Å². The van der Waals surface area contributed by atoms with Gasteiger partial charge in [0.2, 0.25) is 0 Å². The number of nitrogens with two attached hydrogens (primary N) is 1. The molecule has 2 fully saturated rings. The summed E-state index contributed by atoms with van der Waals surface area (Å²) in [4.78, 5) is 0. The van der Waals surface area contributed by atoms with Crippen LogP contribution >= 0.6 is 0 Å². The smallest absolute Gasteiger partial charge is 0.175 e. The van der Waals surface area contributed by atoms with E-state index < -0.39 is 0 Å². The molecule has 98 valence electrons. The Kier molecular flexibility index (Phi) is 2.40. The predicted octanol–water partition coefficient (Wildman–Crippen LogP) is 3.83. The minimum Gasteiger partial charge on any atom is -0.380 e. The standard InChI is InChI=1S/C16H18N2O/c17-16-14(11-4-2-1-3-5-11)15(19-18-16)13-9-10-6-7-12(13)8-10/h1-5,10,12-13H,6-9H2,(H2,17,18). The van der Waals surface area contributed by atoms with Crippen molar-refractivity contribution in [1.29, 1.82) is 0 Å². The second kappa shape index (κ2) is 4.12. The molecule has 3 heteroatoms. The average molecular weight is 254 g/mol. The van der Waals surface area contributed by atoms with Gasteiger partial charge in [-0.2, -0.15) is 0 Å². The normalized spacial score (nSPS) is 28.9. The van der Waals surface area contributed by atoms with Crippen molar-refractivity contribution in [2.45, 2.75) is 31.6 Å². The lowest BCUT2D eigenvalue weighted by molar-refractivity contribution is 0.312. The number of benzene rings is 1. The third kappa shape index (κ3) is 1.68. The fourth-order valence-electron chi connectivity index (χ4n) is 4.03. The molecule has 4 rings (SSSR count). The lowest BCUT2D eigenvalue weighted by Gasteiger charge is -2.20. The third-order valence-corrected chi connectivity index (χ3v) is 4.88. The molecule has 2 saturated carbocycles. The molecule has 1 heterocycles. The fraction of sp³-hybridized carbons (Fsp3) is 0.438. The molecule has 3 unspecified atom stereocenters. The van der Waals surface area contributed by atoms with Crippen molar-refractivity contribution in [2.24, 2.45) is 11.8 Å². The highest BCUT2D eigenvalue weighted by molar-refractivity contribution is 5.76. The Balaban J connectivity index is 1.78. The summed E-state index contributed by atoms with van der Waals surface area (Å²) in [5, 5.41) is 4.02. The number of hydrogen-bond acceptors (Lipinski definition) is 3. The molecular weight excluding hydrogens is 236 g/mol. The number of nitrogens with zero attached hydrogens (tertiary/aromatic N) is 1. The van der Waals surface area contributed by atoms with Gasteiger partial charge in [0.05, 0.1) is 5.56 Å². The Morgan fingerprint density at radius 3 is 2.63 bits per heavy atom. The minimum absolute atomic E-state index is 0.527. The van der Waals surface area contributed by atoms with Crippen LogP contribution in [0.15, 0.2) is 34.9 Å². The molecule has 2 aliphatic rings. The number of nitrogen functional groups attached to an aromatic ring is 1. The molecule has 0 saturated heterocycles. The van der Waals surface area contributed by atoms with Gasteiger partial charge in [-0.1, -0.05) is 41.9 Å². The SMILES string of the molecule is Nc1noc(C2CC3CCC2C3)c1-c1ccccc1. The quantitative estimate of drug-likeness (QED) is 0.886. The number of aromatic nitrogens is 1. The van der Waals surface area contributed by atoms with Gasteiger partial charge in [-0.05, 0) is 36.7 Å². The van der Waals surface area contributed by atoms with Gasteiger partial charge in [-0.15, -0.1) is 0 Å². The Morgan fingerprint density at radius 1 is 1.11 bits per heavy atom. The molecule has 2 aliphatic carbocycles. The maximum absolute atomic E-state index is 6.03. The van der Waals surface area contributed by atoms with Gasteiger partial charge in [0.1, 0.15) is 5.76 Å². The van der Waals surface area contributed by atoms with Crippen molar-refractivity contribution >= 4 is 5.82 Å². The zero-order chi connectivity index (χ0) is 12.8. The van der Waals surface area contributed by atoms with Crippen LogP contribution in [0.4, 0.5) is 5.82 Å². The molecule has 19 heavy (non-hydrogen) atoms. The van der Waals surface area contributed by atoms with Gasteiger partial charge < -0.3 is 10.3 Å². The summed E-state index contributed by atoms with van der Waals surface area (Å²) in [6, 6.07) is 10.3. The van der Waals surface area contributed by atoms with Crippen LogP contribution in [0.5, 0.6) is 0 Å². The van der Waals surface area contributed by atoms with Gasteiger partial charge in [0, 0.05) is 5.92 Å². The lowest BCUT2D eigenvalue weighted by atomic mass is 9.84. The Morgan fingerprint density at radius 2 is 1.95 bits per heavy atom. The van der Waals surface area contributed by atoms with Gasteiger partial charge in [0.25, 0.3) is 0 Å². The van der Waals surface area contributed by atoms with E-state index in [-0.39, 0.29) is 0 Å². The number of rotatable bonds is 2. The van der Waals surface area contributed by atoms with E-state index in [0.717, 1.165) is 28.7 Å². The largest absolute Gasteiger partial charge is 0.380 e. The fourth-order valence-corrected chi connectivity index (χ4v) is 4.03. The van der Waals surface area contributed by atoms with Crippen LogP contribution in [0.25, 0.3) is 11.1 Å². The third-order valence-electron chi connectivity index (χ3n) is 4.88. The second-order valence-electron chi connectivity index (χ2n) is 5.95. The summed E-state index contributed by atoms with van der Waals surface area (Å²) in [6.45, 7) is 0. The topological polar surface area (TPSA) is 52.0 Å². The molecule has 2 bridgehead atoms. The summed E-state index contributed by atoms with van der Waals surface area (Å²) >= 11 is 0. The summed E-state index contributed by atoms with van der Waals surface area (Å²) in [5.41, 5.74) is 8.18. The van der Waals surface area contributed by atoms with Crippen molar-refractivity contribution in [3.05, 3.63) is 36.1 Å². The zero-order valence-corrected chi connectivity index (χ0v) is 10.9. The van der Waals surface area contributed by atoms with Crippen molar-refractivity contribution in [2.75, 3.05) is 5.73 Å². The van der Waals surface area contributed by atoms with Crippen LogP contribution in [0.1, 0.15) is 37.4 Å². The van der Waals surface area contributed by atoms with Crippen LogP contribution in [-0.4, -0.2) is 5.16 Å². The molecule has 1 aromatic heterocycles. The van der Waals surface area contributed by atoms with E-state index in [1.807, 2.05) is 18.2 Å². The summed E-state index contributed by atoms with van der Waals surface area (Å²) in [6.07, 6.45) is 5.34. The highest BCUT2D eigenvalue weighted by Crippen LogP contribution is 2.54. The maximum atomic E-state index is 6.03. The van der Waals surface area contributed by atoms with Crippen molar-refractivity contribution in [1.82, 2.24) is 5.16 Å². The van der Waals surface area contributed by atoms with E-state index in [9.17, 15) is 0 Å². The Bertz CT molecular complexity index is 590. The molecule has 2 N–H and O–H groups in total. The van der Waals surface area contributed by atoms with Crippen molar-refractivity contribution in [3.8, 4) is 11.1 Å². The van der Waals surface area contributed by atoms with E-state index in [2.05, 4.69) is 17.3 Å². The molecular formula is C16H18N2O. The minimum atomic E-state index is 0.527. The summed E-state index contributed by atoms with van der Waals surface area (Å²) in [5.74, 6) is 3.75. The second-order valence-corrected chi connectivity index (χ2v) is 5.95. The molecule has 0 radical (unpaired) electrons. The average Bonchev–Trinajstić information content (AvgIpc) is 3.14. The first-order valence-electron chi connectivity index (χ1n) is 7.13. The number of anilines is 1. The van der Waals surface area contributed by atoms with Gasteiger partial charge in [-0.3, -0.25) is 0 Å². The first kappa shape index (κ1) is 11.1. The summed E-state index contributed by atoms with van der Waals surface area (Å²) < 4.78 is 5.61. The van der Waals surface area contributed by atoms with Crippen LogP contribution in [0.3, 0.4) is 0 Å². The Hall–Kier alpha value is -1.77. The monoisotopic (exact) mass is 254 g/mol. The molecule has 2 aromatic rings. The highest BCUT2D eigenvalue weighted by atomic mass is 16.5. The molecule has 0 spiro atoms. The highest BCUT2D eigenvalue weighted by Gasteiger charge is 2.43. The van der Waals surface area contributed by atoms with Crippen LogP contribution in [0, 0.1) is 11.8 Å². The van der Waals surface area contributed by atoms with E-state index in [1.54, 1.807) is 0 Å². The summed E-state index contributed by atoms with van der Waals surface area (Å²) in [7, 11) is 0. The van der Waals surface area contributed by atoms with Crippen molar-refractivity contribution in [3.63, 3.8) is 0 Å². The molecule has 1 aromatic carbocycles. The van der Waals surface area contributed by atoms with Crippen LogP contribution in [0.2, 0.25) is 0 Å². The first-order valence-corrected chi connectivity index (χ1v) is 7.13. The molecule has 0 aliphatic heterocycles. The number of hydrogen-bond donors (Lipinski definition) is 1. The van der Waals surface area contributed by atoms with E-state index >= 15 is 0 Å². The maximum Gasteiger partial charge on any atom is 0.175 e. The number of fused-ring (bicyclic) bond motifs is 2.